The summed E-state index contributed by atoms with van der Waals surface area (Å²) in [5.74, 6) is 0.121. The molecule has 0 saturated carbocycles. The molecule has 0 radical (unpaired) electrons. The molecule has 5 heteroatoms. The summed E-state index contributed by atoms with van der Waals surface area (Å²) in [6.45, 7) is 8.53. The summed E-state index contributed by atoms with van der Waals surface area (Å²) in [6, 6.07) is 10.2. The molecule has 0 aliphatic carbocycles. The van der Waals surface area contributed by atoms with Gasteiger partial charge < -0.3 is 15.1 Å². The fourth-order valence-electron chi connectivity index (χ4n) is 2.93. The quantitative estimate of drug-likeness (QED) is 0.903. The third kappa shape index (κ3) is 5.26. The Bertz CT molecular complexity index is 564. The monoisotopic (exact) mass is 314 g/mol. The maximum Gasteiger partial charge on any atom is 0.221 e. The van der Waals surface area contributed by atoms with Gasteiger partial charge in [0.15, 0.2) is 0 Å². The molecule has 0 spiro atoms. The van der Waals surface area contributed by atoms with Gasteiger partial charge >= 0.3 is 0 Å². The summed E-state index contributed by atoms with van der Waals surface area (Å²) in [5, 5.41) is 12.2. The molecule has 0 bridgehead atoms. The minimum Gasteiger partial charge on any atom is -0.369 e. The Hall–Kier alpha value is -2.06. The van der Waals surface area contributed by atoms with E-state index in [2.05, 4.69) is 21.2 Å². The van der Waals surface area contributed by atoms with Gasteiger partial charge in [0.05, 0.1) is 11.3 Å². The number of rotatable bonds is 5. The van der Waals surface area contributed by atoms with E-state index in [-0.39, 0.29) is 11.9 Å². The molecule has 1 aromatic carbocycles. The zero-order valence-corrected chi connectivity index (χ0v) is 14.1. The lowest BCUT2D eigenvalue weighted by Gasteiger charge is -2.24. The number of nitrogens with one attached hydrogen (secondary N) is 1. The van der Waals surface area contributed by atoms with Gasteiger partial charge in [-0.1, -0.05) is 12.1 Å². The Labute approximate surface area is 138 Å². The molecule has 124 valence electrons. The molecule has 2 rings (SSSR count). The van der Waals surface area contributed by atoms with Crippen molar-refractivity contribution in [1.82, 2.24) is 10.2 Å². The lowest BCUT2D eigenvalue weighted by molar-refractivity contribution is -0.121. The average molecular weight is 314 g/mol. The molecule has 1 amide bonds. The van der Waals surface area contributed by atoms with Gasteiger partial charge in [0.1, 0.15) is 6.07 Å². The van der Waals surface area contributed by atoms with Gasteiger partial charge in [-0.05, 0) is 38.9 Å². The summed E-state index contributed by atoms with van der Waals surface area (Å²) in [5.41, 5.74) is 1.76. The Kier molecular flexibility index (Phi) is 6.42. The van der Waals surface area contributed by atoms with Gasteiger partial charge in [-0.25, -0.2) is 0 Å². The van der Waals surface area contributed by atoms with Crippen LogP contribution in [0.25, 0.3) is 0 Å². The fraction of sp³-hybridized carbons (Fsp3) is 0.556. The predicted molar refractivity (Wildman–Crippen MR) is 92.3 cm³/mol. The number of para-hydroxylation sites is 1. The Morgan fingerprint density at radius 1 is 1.26 bits per heavy atom. The molecule has 5 nitrogen and oxygen atoms in total. The van der Waals surface area contributed by atoms with Gasteiger partial charge in [-0.3, -0.25) is 4.79 Å². The van der Waals surface area contributed by atoms with Crippen LogP contribution in [-0.2, 0) is 4.79 Å². The summed E-state index contributed by atoms with van der Waals surface area (Å²) >= 11 is 0. The van der Waals surface area contributed by atoms with Gasteiger partial charge in [0, 0.05) is 38.6 Å². The number of hydrogen-bond acceptors (Lipinski definition) is 4. The number of benzene rings is 1. The highest BCUT2D eigenvalue weighted by Gasteiger charge is 2.17. The maximum absolute atomic E-state index is 11.8. The predicted octanol–water partition coefficient (Wildman–Crippen LogP) is 1.99. The summed E-state index contributed by atoms with van der Waals surface area (Å²) in [7, 11) is 0. The van der Waals surface area contributed by atoms with Crippen molar-refractivity contribution in [2.24, 2.45) is 0 Å². The highest BCUT2D eigenvalue weighted by molar-refractivity contribution is 5.76. The first kappa shape index (κ1) is 17.3. The smallest absolute Gasteiger partial charge is 0.221 e. The van der Waals surface area contributed by atoms with Crippen LogP contribution in [0.3, 0.4) is 0 Å². The molecule has 1 heterocycles. The van der Waals surface area contributed by atoms with Crippen LogP contribution in [0.5, 0.6) is 0 Å². The van der Waals surface area contributed by atoms with E-state index < -0.39 is 0 Å². The second kappa shape index (κ2) is 8.54. The fourth-order valence-corrected chi connectivity index (χ4v) is 2.93. The second-order valence-electron chi connectivity index (χ2n) is 6.28. The summed E-state index contributed by atoms with van der Waals surface area (Å²) in [6.07, 6.45) is 1.60. The van der Waals surface area contributed by atoms with Crippen molar-refractivity contribution in [3.8, 4) is 6.07 Å². The highest BCUT2D eigenvalue weighted by atomic mass is 16.1. The van der Waals surface area contributed by atoms with Crippen LogP contribution in [0.2, 0.25) is 0 Å². The van der Waals surface area contributed by atoms with Crippen LogP contribution in [-0.4, -0.2) is 49.6 Å². The standard InChI is InChI=1S/C18H26N4O/c1-15(2)20-18(23)8-11-21-9-5-10-22(13-12-21)17-7-4-3-6-16(17)14-19/h3-4,6-7,15H,5,8-13H2,1-2H3,(H,20,23). The number of carbonyl (C=O) groups excluding carboxylic acids is 1. The molecule has 0 unspecified atom stereocenters. The molecule has 1 aliphatic heterocycles. The average Bonchev–Trinajstić information content (AvgIpc) is 2.78. The van der Waals surface area contributed by atoms with E-state index in [9.17, 15) is 10.1 Å². The lowest BCUT2D eigenvalue weighted by Crippen LogP contribution is -2.36. The first-order valence-corrected chi connectivity index (χ1v) is 8.36. The summed E-state index contributed by atoms with van der Waals surface area (Å²) < 4.78 is 0. The Morgan fingerprint density at radius 3 is 2.78 bits per heavy atom. The SMILES string of the molecule is CC(C)NC(=O)CCN1CCCN(c2ccccc2C#N)CC1. The molecule has 23 heavy (non-hydrogen) atoms. The molecule has 1 saturated heterocycles. The number of nitrogens with zero attached hydrogens (tertiary/aromatic N) is 3. The number of amides is 1. The van der Waals surface area contributed by atoms with E-state index in [1.54, 1.807) is 0 Å². The van der Waals surface area contributed by atoms with Crippen LogP contribution in [0, 0.1) is 11.3 Å². The largest absolute Gasteiger partial charge is 0.369 e. The van der Waals surface area contributed by atoms with Gasteiger partial charge in [0.25, 0.3) is 0 Å². The molecule has 0 aromatic heterocycles. The molecule has 1 N–H and O–H groups in total. The van der Waals surface area contributed by atoms with Crippen LogP contribution >= 0.6 is 0 Å². The number of hydrogen-bond donors (Lipinski definition) is 1. The number of nitriles is 1. The van der Waals surface area contributed by atoms with Crippen molar-refractivity contribution in [3.63, 3.8) is 0 Å². The minimum absolute atomic E-state index is 0.121. The van der Waals surface area contributed by atoms with E-state index in [1.807, 2.05) is 38.1 Å². The van der Waals surface area contributed by atoms with Crippen LogP contribution in [0.4, 0.5) is 5.69 Å². The highest BCUT2D eigenvalue weighted by Crippen LogP contribution is 2.21. The number of carbonyl (C=O) groups is 1. The third-order valence-corrected chi connectivity index (χ3v) is 4.06. The van der Waals surface area contributed by atoms with Crippen molar-refractivity contribution < 1.29 is 4.79 Å². The zero-order chi connectivity index (χ0) is 16.7. The van der Waals surface area contributed by atoms with Crippen molar-refractivity contribution in [2.75, 3.05) is 37.6 Å². The van der Waals surface area contributed by atoms with Crippen LogP contribution < -0.4 is 10.2 Å². The van der Waals surface area contributed by atoms with E-state index in [4.69, 9.17) is 0 Å². The van der Waals surface area contributed by atoms with Gasteiger partial charge in [0.2, 0.25) is 5.91 Å². The third-order valence-electron chi connectivity index (χ3n) is 4.06. The molecule has 1 fully saturated rings. The minimum atomic E-state index is 0.121. The van der Waals surface area contributed by atoms with E-state index in [0.29, 0.717) is 6.42 Å². The first-order chi connectivity index (χ1) is 11.1. The van der Waals surface area contributed by atoms with Crippen LogP contribution in [0.1, 0.15) is 32.3 Å². The Balaban J connectivity index is 1.87. The van der Waals surface area contributed by atoms with Crippen molar-refractivity contribution >= 4 is 11.6 Å². The zero-order valence-electron chi connectivity index (χ0n) is 14.1. The first-order valence-electron chi connectivity index (χ1n) is 8.36. The molecule has 0 atom stereocenters. The van der Waals surface area contributed by atoms with Crippen molar-refractivity contribution in [3.05, 3.63) is 29.8 Å². The number of anilines is 1. The van der Waals surface area contributed by atoms with Gasteiger partial charge in [-0.2, -0.15) is 5.26 Å². The normalized spacial score (nSPS) is 16.0. The molecule has 1 aromatic rings. The van der Waals surface area contributed by atoms with Gasteiger partial charge in [-0.15, -0.1) is 0 Å². The van der Waals surface area contributed by atoms with E-state index >= 15 is 0 Å². The van der Waals surface area contributed by atoms with Crippen LogP contribution in [0.15, 0.2) is 24.3 Å². The molecular weight excluding hydrogens is 288 g/mol. The van der Waals surface area contributed by atoms with E-state index in [1.165, 1.54) is 0 Å². The molecular formula is C18H26N4O. The lowest BCUT2D eigenvalue weighted by atomic mass is 10.1. The topological polar surface area (TPSA) is 59.4 Å². The van der Waals surface area contributed by atoms with Crippen molar-refractivity contribution in [2.45, 2.75) is 32.7 Å². The summed E-state index contributed by atoms with van der Waals surface area (Å²) in [4.78, 5) is 16.4. The van der Waals surface area contributed by atoms with E-state index in [0.717, 1.165) is 50.4 Å². The maximum atomic E-state index is 11.8. The Morgan fingerprint density at radius 2 is 2.04 bits per heavy atom. The van der Waals surface area contributed by atoms with Crippen molar-refractivity contribution in [1.29, 1.82) is 5.26 Å². The molecule has 1 aliphatic rings. The second-order valence-corrected chi connectivity index (χ2v) is 6.28.